The minimum atomic E-state index is -1.81. The molecule has 4 rings (SSSR count). The Bertz CT molecular complexity index is 959. The largest absolute Gasteiger partial charge is 0.395 e. The van der Waals surface area contributed by atoms with E-state index in [2.05, 4.69) is 10.6 Å². The quantitative estimate of drug-likeness (QED) is 0.0942. The molecule has 44 heavy (non-hydrogen) atoms. The molecule has 19 heteroatoms. The van der Waals surface area contributed by atoms with Gasteiger partial charge in [-0.2, -0.15) is 0 Å². The number of rotatable bonds is 12. The molecule has 2 saturated carbocycles. The number of carbonyl (C=O) groups is 1. The van der Waals surface area contributed by atoms with E-state index in [4.69, 9.17) is 52.7 Å². The van der Waals surface area contributed by atoms with Crippen LogP contribution in [-0.2, 0) is 23.7 Å². The number of hydrogen-bond donors (Lipinski definition) is 14. The molecular formula is C25H49N7O12. The van der Waals surface area contributed by atoms with Gasteiger partial charge in [-0.1, -0.05) is 0 Å². The van der Waals surface area contributed by atoms with Gasteiger partial charge in [0.25, 0.3) is 5.91 Å². The molecule has 4 aliphatic rings. The van der Waals surface area contributed by atoms with E-state index in [1.54, 1.807) is 0 Å². The Balaban J connectivity index is 1.50. The van der Waals surface area contributed by atoms with Gasteiger partial charge in [0.1, 0.15) is 36.6 Å². The first kappa shape index (κ1) is 35.6. The maximum atomic E-state index is 12.9. The molecule has 0 spiro atoms. The number of aliphatic hydroxyl groups is 7. The fourth-order valence-corrected chi connectivity index (χ4v) is 5.80. The summed E-state index contributed by atoms with van der Waals surface area (Å²) in [5.74, 6) is -0.810. The van der Waals surface area contributed by atoms with Gasteiger partial charge in [-0.3, -0.25) is 4.79 Å². The maximum Gasteiger partial charge on any atom is 0.253 e. The first-order valence-electron chi connectivity index (χ1n) is 14.8. The van der Waals surface area contributed by atoms with Crippen LogP contribution in [0.5, 0.6) is 0 Å². The summed E-state index contributed by atoms with van der Waals surface area (Å²) in [7, 11) is 0. The lowest BCUT2D eigenvalue weighted by molar-refractivity contribution is -0.316. The summed E-state index contributed by atoms with van der Waals surface area (Å²) in [6, 6.07) is -5.39. The van der Waals surface area contributed by atoms with E-state index < -0.39 is 116 Å². The number of amides is 1. The maximum absolute atomic E-state index is 12.9. The molecule has 0 aromatic heterocycles. The Morgan fingerprint density at radius 2 is 1.55 bits per heavy atom. The average molecular weight is 640 g/mol. The SMILES string of the molecule is NC(CO)CNC[C@H]1O[C@H](OC2[C@@H](N)C[C@@H](NC(=O)C3(O)CC3N)[C@H](O[C@H]3O[C@H](CO)[C@@H](O)[C@H](N)[C@H]3O)[C@H]2O)[C@H](N)C[C@@H]1O. The van der Waals surface area contributed by atoms with Gasteiger partial charge >= 0.3 is 0 Å². The van der Waals surface area contributed by atoms with Crippen LogP contribution in [0.4, 0.5) is 0 Å². The van der Waals surface area contributed by atoms with Crippen molar-refractivity contribution in [2.45, 2.75) is 123 Å². The normalized spacial score (nSPS) is 48.5. The Hall–Kier alpha value is -1.21. The van der Waals surface area contributed by atoms with E-state index in [1.165, 1.54) is 0 Å². The summed E-state index contributed by atoms with van der Waals surface area (Å²) in [4.78, 5) is 12.9. The van der Waals surface area contributed by atoms with Gasteiger partial charge in [0.15, 0.2) is 18.2 Å². The number of carbonyl (C=O) groups excluding carboxylic acids is 1. The molecule has 256 valence electrons. The zero-order valence-electron chi connectivity index (χ0n) is 24.2. The van der Waals surface area contributed by atoms with Crippen molar-refractivity contribution in [2.24, 2.45) is 28.7 Å². The van der Waals surface area contributed by atoms with Gasteiger partial charge in [0, 0.05) is 37.6 Å². The average Bonchev–Trinajstić information content (AvgIpc) is 3.61. The Labute approximate surface area is 253 Å². The summed E-state index contributed by atoms with van der Waals surface area (Å²) >= 11 is 0. The summed E-state index contributed by atoms with van der Waals surface area (Å²) in [5.41, 5.74) is 28.1. The zero-order chi connectivity index (χ0) is 32.5. The topological polar surface area (TPSA) is 350 Å². The van der Waals surface area contributed by atoms with Crippen molar-refractivity contribution < 1.29 is 59.5 Å². The minimum absolute atomic E-state index is 0.0253. The monoisotopic (exact) mass is 639 g/mol. The van der Waals surface area contributed by atoms with Crippen LogP contribution in [-0.4, -0.2) is 171 Å². The second-order valence-corrected chi connectivity index (χ2v) is 12.3. The Morgan fingerprint density at radius 3 is 2.16 bits per heavy atom. The highest BCUT2D eigenvalue weighted by atomic mass is 16.7. The number of nitrogens with one attached hydrogen (secondary N) is 2. The van der Waals surface area contributed by atoms with Crippen molar-refractivity contribution >= 4 is 5.91 Å². The van der Waals surface area contributed by atoms with Crippen LogP contribution < -0.4 is 39.3 Å². The van der Waals surface area contributed by atoms with Gasteiger partial charge < -0.3 is 94.0 Å². The molecule has 2 saturated heterocycles. The van der Waals surface area contributed by atoms with Crippen LogP contribution in [0, 0.1) is 0 Å². The van der Waals surface area contributed by atoms with Gasteiger partial charge in [-0.05, 0) is 12.8 Å². The molecule has 19 N–H and O–H groups in total. The fraction of sp³-hybridized carbons (Fsp3) is 0.960. The fourth-order valence-electron chi connectivity index (χ4n) is 5.80. The van der Waals surface area contributed by atoms with Crippen LogP contribution in [0.2, 0.25) is 0 Å². The standard InChI is InChI=1S/C25H49N7O12/c26-8(6-33)4-31-5-13-12(35)2-10(28)22(41-13)43-20-9(27)1-11(32-24(39)25(40)3-15(25)29)21(19(20)38)44-23-18(37)16(30)17(36)14(7-34)42-23/h8-23,31,33-38,40H,1-7,26-30H2,(H,32,39)/t8?,9-,10+,11+,12-,13+,14+,15?,16-,17+,18+,19-,20?,21-,22+,23+,25?/m0/s1. The van der Waals surface area contributed by atoms with Gasteiger partial charge in [0.2, 0.25) is 0 Å². The third-order valence-electron chi connectivity index (χ3n) is 8.82. The summed E-state index contributed by atoms with van der Waals surface area (Å²) in [6.07, 6.45) is -12.8. The van der Waals surface area contributed by atoms with E-state index in [1.807, 2.05) is 0 Å². The third-order valence-corrected chi connectivity index (χ3v) is 8.82. The lowest BCUT2D eigenvalue weighted by Crippen LogP contribution is -2.69. The molecule has 2 aliphatic carbocycles. The van der Waals surface area contributed by atoms with Crippen LogP contribution in [0.15, 0.2) is 0 Å². The molecule has 17 atom stereocenters. The van der Waals surface area contributed by atoms with Gasteiger partial charge in [-0.15, -0.1) is 0 Å². The molecule has 0 aromatic carbocycles. The first-order valence-corrected chi connectivity index (χ1v) is 14.8. The zero-order valence-corrected chi connectivity index (χ0v) is 24.2. The number of hydrogen-bond acceptors (Lipinski definition) is 18. The van der Waals surface area contributed by atoms with Crippen molar-refractivity contribution in [3.63, 3.8) is 0 Å². The van der Waals surface area contributed by atoms with Crippen molar-refractivity contribution in [3.8, 4) is 0 Å². The number of nitrogens with two attached hydrogens (primary N) is 5. The van der Waals surface area contributed by atoms with E-state index in [0.29, 0.717) is 0 Å². The molecule has 2 heterocycles. The predicted octanol–water partition coefficient (Wildman–Crippen LogP) is -8.73. The summed E-state index contributed by atoms with van der Waals surface area (Å²) in [6.45, 7) is -0.476. The number of ether oxygens (including phenoxy) is 4. The molecule has 2 aliphatic heterocycles. The lowest BCUT2D eigenvalue weighted by Gasteiger charge is -2.48. The highest BCUT2D eigenvalue weighted by Crippen LogP contribution is 2.36. The van der Waals surface area contributed by atoms with Crippen LogP contribution >= 0.6 is 0 Å². The number of aliphatic hydroxyl groups excluding tert-OH is 6. The highest BCUT2D eigenvalue weighted by Gasteiger charge is 2.59. The highest BCUT2D eigenvalue weighted by molar-refractivity contribution is 5.89. The smallest absolute Gasteiger partial charge is 0.253 e. The Morgan fingerprint density at radius 1 is 0.909 bits per heavy atom. The van der Waals surface area contributed by atoms with E-state index in [9.17, 15) is 35.4 Å². The van der Waals surface area contributed by atoms with E-state index in [0.717, 1.165) is 0 Å². The van der Waals surface area contributed by atoms with E-state index >= 15 is 0 Å². The molecular weight excluding hydrogens is 590 g/mol. The third kappa shape index (κ3) is 7.66. The van der Waals surface area contributed by atoms with Crippen LogP contribution in [0.1, 0.15) is 19.3 Å². The minimum Gasteiger partial charge on any atom is -0.395 e. The summed E-state index contributed by atoms with van der Waals surface area (Å²) < 4.78 is 23.5. The molecule has 0 aromatic rings. The molecule has 0 radical (unpaired) electrons. The lowest BCUT2D eigenvalue weighted by atomic mass is 9.83. The van der Waals surface area contributed by atoms with E-state index in [-0.39, 0.29) is 39.0 Å². The van der Waals surface area contributed by atoms with Crippen LogP contribution in [0.3, 0.4) is 0 Å². The predicted molar refractivity (Wildman–Crippen MR) is 149 cm³/mol. The van der Waals surface area contributed by atoms with Crippen molar-refractivity contribution in [2.75, 3.05) is 26.3 Å². The summed E-state index contributed by atoms with van der Waals surface area (Å²) in [5, 5.41) is 77.8. The van der Waals surface area contributed by atoms with Crippen molar-refractivity contribution in [1.29, 1.82) is 0 Å². The second-order valence-electron chi connectivity index (χ2n) is 12.3. The Kier molecular flexibility index (Phi) is 11.9. The van der Waals surface area contributed by atoms with Crippen molar-refractivity contribution in [3.05, 3.63) is 0 Å². The molecule has 1 amide bonds. The van der Waals surface area contributed by atoms with Gasteiger partial charge in [-0.25, -0.2) is 0 Å². The van der Waals surface area contributed by atoms with Crippen LogP contribution in [0.25, 0.3) is 0 Å². The van der Waals surface area contributed by atoms with Gasteiger partial charge in [0.05, 0.1) is 43.5 Å². The second kappa shape index (κ2) is 14.7. The first-order chi connectivity index (χ1) is 20.7. The van der Waals surface area contributed by atoms with Crippen molar-refractivity contribution in [1.82, 2.24) is 10.6 Å². The molecule has 19 nitrogen and oxygen atoms in total. The molecule has 4 fully saturated rings. The molecule has 0 bridgehead atoms. The molecule has 4 unspecified atom stereocenters.